The molecule has 0 aliphatic heterocycles. The summed E-state index contributed by atoms with van der Waals surface area (Å²) in [6.07, 6.45) is 3.12. The zero-order chi connectivity index (χ0) is 22.2. The van der Waals surface area contributed by atoms with Crippen molar-refractivity contribution in [3.63, 3.8) is 0 Å². The van der Waals surface area contributed by atoms with Gasteiger partial charge in [-0.05, 0) is 36.1 Å². The molecule has 1 unspecified atom stereocenters. The molecule has 9 heteroatoms. The molecule has 0 fully saturated rings. The molecule has 3 rings (SSSR count). The lowest BCUT2D eigenvalue weighted by Crippen LogP contribution is -2.48. The van der Waals surface area contributed by atoms with Crippen molar-refractivity contribution in [2.75, 3.05) is 7.11 Å². The molecular weight excluding hydrogens is 395 g/mol. The van der Waals surface area contributed by atoms with Crippen LogP contribution in [0.15, 0.2) is 54.7 Å². The average Bonchev–Trinajstić information content (AvgIpc) is 3.26. The molecule has 0 saturated heterocycles. The maximum Gasteiger partial charge on any atom is 0.475 e. The lowest BCUT2D eigenvalue weighted by atomic mass is 9.75. The summed E-state index contributed by atoms with van der Waals surface area (Å²) in [5.74, 6) is -0.352. The molecule has 31 heavy (non-hydrogen) atoms. The van der Waals surface area contributed by atoms with Crippen LogP contribution in [0, 0.1) is 0 Å². The summed E-state index contributed by atoms with van der Waals surface area (Å²) >= 11 is 0. The monoisotopic (exact) mass is 422 g/mol. The van der Waals surface area contributed by atoms with Crippen molar-refractivity contribution in [1.29, 1.82) is 0 Å². The summed E-state index contributed by atoms with van der Waals surface area (Å²) in [5.41, 5.74) is 3.65. The van der Waals surface area contributed by atoms with Crippen molar-refractivity contribution in [3.05, 3.63) is 65.9 Å². The Morgan fingerprint density at radius 1 is 1.19 bits per heavy atom. The number of methoxy groups -OCH3 is 1. The molecule has 1 aromatic heterocycles. The van der Waals surface area contributed by atoms with Crippen LogP contribution >= 0.6 is 0 Å². The van der Waals surface area contributed by atoms with Crippen molar-refractivity contribution in [2.24, 2.45) is 0 Å². The van der Waals surface area contributed by atoms with Gasteiger partial charge in [0.2, 0.25) is 5.91 Å². The highest BCUT2D eigenvalue weighted by atomic mass is 16.5. The Kier molecular flexibility index (Phi) is 7.80. The molecule has 1 amide bonds. The topological polar surface area (TPSA) is 110 Å². The van der Waals surface area contributed by atoms with E-state index in [1.165, 1.54) is 0 Å². The van der Waals surface area contributed by atoms with Gasteiger partial charge in [-0.25, -0.2) is 0 Å². The second-order valence-electron chi connectivity index (χ2n) is 7.31. The smallest absolute Gasteiger partial charge is 0.475 e. The Balaban J connectivity index is 1.56. The van der Waals surface area contributed by atoms with Gasteiger partial charge < -0.3 is 20.1 Å². The fraction of sp³-hybridized carbons (Fsp3) is 0.318. The summed E-state index contributed by atoms with van der Waals surface area (Å²) in [5, 5.41) is 30.3. The van der Waals surface area contributed by atoms with E-state index in [4.69, 9.17) is 4.74 Å². The molecule has 162 valence electrons. The van der Waals surface area contributed by atoms with Crippen LogP contribution in [0.25, 0.3) is 11.3 Å². The molecule has 1 heterocycles. The number of rotatable bonds is 10. The summed E-state index contributed by atoms with van der Waals surface area (Å²) in [6.45, 7) is 2.38. The number of carbonyl (C=O) groups is 1. The van der Waals surface area contributed by atoms with Gasteiger partial charge in [-0.15, -0.1) is 5.10 Å². The molecule has 3 aromatic rings. The van der Waals surface area contributed by atoms with Crippen LogP contribution < -0.4 is 10.1 Å². The quantitative estimate of drug-likeness (QED) is 0.429. The van der Waals surface area contributed by atoms with Crippen LogP contribution in [0.1, 0.15) is 24.5 Å². The van der Waals surface area contributed by atoms with E-state index >= 15 is 0 Å². The van der Waals surface area contributed by atoms with E-state index in [1.807, 2.05) is 48.5 Å². The van der Waals surface area contributed by atoms with Crippen LogP contribution in [0.4, 0.5) is 0 Å². The number of aromatic nitrogens is 3. The Labute approximate surface area is 182 Å². The highest BCUT2D eigenvalue weighted by molar-refractivity contribution is 6.43. The molecule has 0 radical (unpaired) electrons. The van der Waals surface area contributed by atoms with Gasteiger partial charge in [-0.3, -0.25) is 9.48 Å². The number of hydrogen-bond acceptors (Lipinski definition) is 6. The third-order valence-electron chi connectivity index (χ3n) is 5.03. The third kappa shape index (κ3) is 6.40. The van der Waals surface area contributed by atoms with E-state index in [-0.39, 0.29) is 12.3 Å². The minimum atomic E-state index is -1.65. The third-order valence-corrected chi connectivity index (χ3v) is 5.03. The average molecular weight is 422 g/mol. The van der Waals surface area contributed by atoms with Crippen LogP contribution in [-0.2, 0) is 24.2 Å². The van der Waals surface area contributed by atoms with Gasteiger partial charge in [0.05, 0.1) is 25.8 Å². The van der Waals surface area contributed by atoms with Crippen LogP contribution in [0.3, 0.4) is 0 Å². The Bertz CT molecular complexity index is 1010. The van der Waals surface area contributed by atoms with E-state index in [2.05, 4.69) is 22.6 Å². The van der Waals surface area contributed by atoms with Crippen molar-refractivity contribution < 1.29 is 19.6 Å². The number of ether oxygens (including phenoxy) is 1. The zero-order valence-corrected chi connectivity index (χ0v) is 17.7. The fourth-order valence-electron chi connectivity index (χ4n) is 3.28. The van der Waals surface area contributed by atoms with Crippen LogP contribution in [0.5, 0.6) is 5.75 Å². The van der Waals surface area contributed by atoms with Gasteiger partial charge in [0.15, 0.2) is 0 Å². The number of hydrogen-bond donors (Lipinski definition) is 3. The molecule has 8 nitrogen and oxygen atoms in total. The number of amides is 1. The maximum atomic E-state index is 12.4. The molecule has 0 bridgehead atoms. The van der Waals surface area contributed by atoms with Crippen LogP contribution in [0.2, 0.25) is 0 Å². The van der Waals surface area contributed by atoms with E-state index in [0.29, 0.717) is 18.7 Å². The lowest BCUT2D eigenvalue weighted by molar-refractivity contribution is -0.121. The number of carbonyl (C=O) groups excluding carboxylic acids is 1. The second kappa shape index (κ2) is 10.7. The summed E-state index contributed by atoms with van der Waals surface area (Å²) in [7, 11) is -0.0497. The van der Waals surface area contributed by atoms with Crippen LogP contribution in [-0.4, -0.2) is 51.1 Å². The number of nitrogens with zero attached hydrogens (tertiary/aromatic N) is 3. The first-order valence-electron chi connectivity index (χ1n) is 10.3. The molecule has 3 N–H and O–H groups in total. The minimum absolute atomic E-state index is 0.138. The maximum absolute atomic E-state index is 12.4. The van der Waals surface area contributed by atoms with Gasteiger partial charge in [0, 0.05) is 12.0 Å². The first-order valence-corrected chi connectivity index (χ1v) is 10.3. The molecule has 1 atom stereocenters. The molecular formula is C22H27BN4O4. The molecule has 0 spiro atoms. The predicted octanol–water partition coefficient (Wildman–Crippen LogP) is 1.65. The van der Waals surface area contributed by atoms with E-state index in [1.54, 1.807) is 18.0 Å². The zero-order valence-electron chi connectivity index (χ0n) is 17.7. The highest BCUT2D eigenvalue weighted by Crippen LogP contribution is 2.21. The van der Waals surface area contributed by atoms with E-state index in [0.717, 1.165) is 28.9 Å². The predicted molar refractivity (Wildman–Crippen MR) is 118 cm³/mol. The number of benzene rings is 2. The SMILES string of the molecule is CCc1cccc(CC(NC(=O)CCn2cc(-c3cccc(OC)c3)nn2)B(O)O)c1. The second-order valence-corrected chi connectivity index (χ2v) is 7.31. The van der Waals surface area contributed by atoms with Crippen molar-refractivity contribution in [2.45, 2.75) is 38.7 Å². The van der Waals surface area contributed by atoms with Gasteiger partial charge in [-0.2, -0.15) is 0 Å². The van der Waals surface area contributed by atoms with Gasteiger partial charge >= 0.3 is 7.12 Å². The van der Waals surface area contributed by atoms with E-state index in [9.17, 15) is 14.8 Å². The summed E-state index contributed by atoms with van der Waals surface area (Å²) in [4.78, 5) is 12.4. The van der Waals surface area contributed by atoms with Gasteiger partial charge in [0.25, 0.3) is 0 Å². The molecule has 0 aliphatic rings. The fourth-order valence-corrected chi connectivity index (χ4v) is 3.28. The standard InChI is InChI=1S/C22H27BN4O4/c1-3-16-6-4-7-17(12-16)13-21(23(29)30)24-22(28)10-11-27-15-20(25-26-27)18-8-5-9-19(14-18)31-2/h4-9,12,14-15,21,29-30H,3,10-11,13H2,1-2H3,(H,24,28). The number of aryl methyl sites for hydroxylation is 2. The van der Waals surface area contributed by atoms with Crippen molar-refractivity contribution in [3.8, 4) is 17.0 Å². The Morgan fingerprint density at radius 2 is 1.97 bits per heavy atom. The molecule has 0 saturated carbocycles. The Morgan fingerprint density at radius 3 is 2.71 bits per heavy atom. The Hall–Kier alpha value is -3.17. The number of nitrogens with one attached hydrogen (secondary N) is 1. The van der Waals surface area contributed by atoms with Crippen molar-refractivity contribution >= 4 is 13.0 Å². The van der Waals surface area contributed by atoms with Crippen molar-refractivity contribution in [1.82, 2.24) is 20.3 Å². The van der Waals surface area contributed by atoms with Gasteiger partial charge in [-0.1, -0.05) is 48.5 Å². The lowest BCUT2D eigenvalue weighted by Gasteiger charge is -2.18. The first-order chi connectivity index (χ1) is 15.0. The largest absolute Gasteiger partial charge is 0.497 e. The minimum Gasteiger partial charge on any atom is -0.497 e. The molecule has 0 aliphatic carbocycles. The van der Waals surface area contributed by atoms with E-state index < -0.39 is 13.1 Å². The summed E-state index contributed by atoms with van der Waals surface area (Å²) in [6, 6.07) is 15.4. The summed E-state index contributed by atoms with van der Waals surface area (Å²) < 4.78 is 6.81. The highest BCUT2D eigenvalue weighted by Gasteiger charge is 2.25. The normalized spacial score (nSPS) is 11.7. The first kappa shape index (κ1) is 22.5. The van der Waals surface area contributed by atoms with Gasteiger partial charge in [0.1, 0.15) is 11.4 Å². The molecule has 2 aromatic carbocycles.